The Hall–Kier alpha value is -2.66. The van der Waals surface area contributed by atoms with E-state index in [1.165, 1.54) is 12.1 Å². The van der Waals surface area contributed by atoms with Crippen molar-refractivity contribution in [2.75, 3.05) is 6.54 Å². The largest absolute Gasteiger partial charge is 0.459 e. The van der Waals surface area contributed by atoms with Gasteiger partial charge in [-0.25, -0.2) is 4.39 Å². The minimum atomic E-state index is -0.251. The van der Waals surface area contributed by atoms with Crippen LogP contribution in [0.2, 0.25) is 0 Å². The molecule has 5 heteroatoms. The third-order valence-electron chi connectivity index (χ3n) is 4.78. The zero-order valence-corrected chi connectivity index (χ0v) is 15.9. The molecule has 0 saturated heterocycles. The van der Waals surface area contributed by atoms with E-state index in [0.717, 1.165) is 22.3 Å². The van der Waals surface area contributed by atoms with Gasteiger partial charge in [-0.15, -0.1) is 0 Å². The maximum absolute atomic E-state index is 13.2. The molecule has 0 radical (unpaired) electrons. The molecule has 0 aliphatic rings. The van der Waals surface area contributed by atoms with Gasteiger partial charge in [0, 0.05) is 16.9 Å². The van der Waals surface area contributed by atoms with Crippen molar-refractivity contribution in [3.8, 4) is 0 Å². The van der Waals surface area contributed by atoms with E-state index in [1.54, 1.807) is 12.1 Å². The molecule has 27 heavy (non-hydrogen) atoms. The minimum absolute atomic E-state index is 0.0595. The smallest absolute Gasteiger partial charge is 0.275 e. The van der Waals surface area contributed by atoms with Crippen LogP contribution < -0.4 is 10.6 Å². The lowest BCUT2D eigenvalue weighted by atomic mass is 9.96. The summed E-state index contributed by atoms with van der Waals surface area (Å²) in [4.78, 5) is 12.4. The predicted molar refractivity (Wildman–Crippen MR) is 104 cm³/mol. The standard InChI is InChI=1S/C22H25FN2O2/c1-14(2)22(16-8-10-18(23)11-9-16)24-13-21(26)25-15(3)20-12-17-6-4-5-7-19(17)27-20/h4-12,14-15,22,24H,13H2,1-3H3,(H,25,26)/p+1/t15-,22-/m1/s1. The van der Waals surface area contributed by atoms with Gasteiger partial charge in [0.25, 0.3) is 5.91 Å². The number of amides is 1. The number of carbonyl (C=O) groups is 1. The number of para-hydroxylation sites is 1. The van der Waals surface area contributed by atoms with Crippen LogP contribution in [0, 0.1) is 11.7 Å². The molecule has 0 aliphatic carbocycles. The Morgan fingerprint density at radius 1 is 1.11 bits per heavy atom. The SMILES string of the molecule is CC(C)[C@@H]([NH2+]CC(=O)N[C@H](C)c1cc2ccccc2o1)c1ccc(F)cc1. The first-order chi connectivity index (χ1) is 12.9. The molecule has 0 saturated carbocycles. The van der Waals surface area contributed by atoms with E-state index in [0.29, 0.717) is 12.5 Å². The van der Waals surface area contributed by atoms with E-state index < -0.39 is 0 Å². The zero-order chi connectivity index (χ0) is 19.4. The average molecular weight is 369 g/mol. The number of hydrogen-bond acceptors (Lipinski definition) is 2. The Kier molecular flexibility index (Phi) is 5.91. The third-order valence-corrected chi connectivity index (χ3v) is 4.78. The molecular formula is C22H26FN2O2+. The number of nitrogens with two attached hydrogens (primary N) is 1. The fourth-order valence-corrected chi connectivity index (χ4v) is 3.30. The second-order valence-corrected chi connectivity index (χ2v) is 7.24. The van der Waals surface area contributed by atoms with Crippen LogP contribution in [-0.2, 0) is 4.79 Å². The van der Waals surface area contributed by atoms with Crippen molar-refractivity contribution in [2.45, 2.75) is 32.9 Å². The summed E-state index contributed by atoms with van der Waals surface area (Å²) in [5, 5.41) is 6.01. The van der Waals surface area contributed by atoms with Crippen LogP contribution in [0.1, 0.15) is 44.2 Å². The topological polar surface area (TPSA) is 58.9 Å². The van der Waals surface area contributed by atoms with Crippen LogP contribution in [0.15, 0.2) is 59.0 Å². The van der Waals surface area contributed by atoms with Gasteiger partial charge in [-0.3, -0.25) is 4.79 Å². The van der Waals surface area contributed by atoms with Gasteiger partial charge < -0.3 is 15.1 Å². The summed E-state index contributed by atoms with van der Waals surface area (Å²) in [6.07, 6.45) is 0. The summed E-state index contributed by atoms with van der Waals surface area (Å²) in [6.45, 7) is 6.40. The van der Waals surface area contributed by atoms with Crippen LogP contribution in [0.5, 0.6) is 0 Å². The van der Waals surface area contributed by atoms with E-state index in [1.807, 2.05) is 42.6 Å². The van der Waals surface area contributed by atoms with Gasteiger partial charge >= 0.3 is 0 Å². The van der Waals surface area contributed by atoms with Gasteiger partial charge in [0.05, 0.1) is 6.04 Å². The fraction of sp³-hybridized carbons (Fsp3) is 0.318. The van der Waals surface area contributed by atoms with Gasteiger partial charge in [-0.1, -0.05) is 44.2 Å². The lowest BCUT2D eigenvalue weighted by Crippen LogP contribution is -2.88. The molecule has 3 rings (SSSR count). The summed E-state index contributed by atoms with van der Waals surface area (Å²) in [5.41, 5.74) is 1.83. The van der Waals surface area contributed by atoms with Crippen molar-refractivity contribution < 1.29 is 18.9 Å². The first-order valence-electron chi connectivity index (χ1n) is 9.30. The summed E-state index contributed by atoms with van der Waals surface area (Å²) in [6, 6.07) is 16.1. The van der Waals surface area contributed by atoms with Crippen LogP contribution >= 0.6 is 0 Å². The molecule has 3 N–H and O–H groups in total. The Labute approximate surface area is 158 Å². The van der Waals surface area contributed by atoms with E-state index in [-0.39, 0.29) is 23.8 Å². The molecule has 2 aromatic carbocycles. The number of nitrogens with one attached hydrogen (secondary N) is 1. The molecule has 4 nitrogen and oxygen atoms in total. The van der Waals surface area contributed by atoms with Gasteiger partial charge in [0.1, 0.15) is 23.2 Å². The number of quaternary nitrogens is 1. The van der Waals surface area contributed by atoms with Crippen LogP contribution in [0.3, 0.4) is 0 Å². The summed E-state index contributed by atoms with van der Waals surface area (Å²) in [5.74, 6) is 0.744. The van der Waals surface area contributed by atoms with Crippen molar-refractivity contribution in [1.29, 1.82) is 0 Å². The number of rotatable bonds is 7. The zero-order valence-electron chi connectivity index (χ0n) is 15.9. The number of benzene rings is 2. The van der Waals surface area contributed by atoms with E-state index in [9.17, 15) is 9.18 Å². The molecule has 0 bridgehead atoms. The van der Waals surface area contributed by atoms with E-state index in [2.05, 4.69) is 19.2 Å². The summed E-state index contributed by atoms with van der Waals surface area (Å²) in [7, 11) is 0. The monoisotopic (exact) mass is 369 g/mol. The second-order valence-electron chi connectivity index (χ2n) is 7.24. The van der Waals surface area contributed by atoms with E-state index >= 15 is 0 Å². The number of fused-ring (bicyclic) bond motifs is 1. The number of halogens is 1. The Morgan fingerprint density at radius 3 is 2.48 bits per heavy atom. The molecule has 3 aromatic rings. The quantitative estimate of drug-likeness (QED) is 0.667. The lowest BCUT2D eigenvalue weighted by molar-refractivity contribution is -0.692. The van der Waals surface area contributed by atoms with Crippen molar-refractivity contribution in [3.63, 3.8) is 0 Å². The van der Waals surface area contributed by atoms with Gasteiger partial charge in [0.2, 0.25) is 0 Å². The molecule has 0 spiro atoms. The van der Waals surface area contributed by atoms with E-state index in [4.69, 9.17) is 4.42 Å². The molecule has 0 unspecified atom stereocenters. The lowest BCUT2D eigenvalue weighted by Gasteiger charge is -2.20. The second kappa shape index (κ2) is 8.35. The fourth-order valence-electron chi connectivity index (χ4n) is 3.30. The Bertz CT molecular complexity index is 869. The molecule has 0 fully saturated rings. The summed E-state index contributed by atoms with van der Waals surface area (Å²) < 4.78 is 19.0. The highest BCUT2D eigenvalue weighted by Crippen LogP contribution is 2.23. The van der Waals surface area contributed by atoms with Crippen molar-refractivity contribution in [1.82, 2.24) is 5.32 Å². The predicted octanol–water partition coefficient (Wildman–Crippen LogP) is 3.71. The average Bonchev–Trinajstić information content (AvgIpc) is 3.07. The molecule has 0 aliphatic heterocycles. The number of carbonyl (C=O) groups excluding carboxylic acids is 1. The first-order valence-corrected chi connectivity index (χ1v) is 9.30. The maximum atomic E-state index is 13.2. The van der Waals surface area contributed by atoms with Gasteiger partial charge in [-0.05, 0) is 31.2 Å². The molecular weight excluding hydrogens is 343 g/mol. The van der Waals surface area contributed by atoms with Gasteiger partial charge in [-0.2, -0.15) is 0 Å². The van der Waals surface area contributed by atoms with Crippen molar-refractivity contribution in [2.24, 2.45) is 5.92 Å². The first kappa shape index (κ1) is 19.1. The highest BCUT2D eigenvalue weighted by Gasteiger charge is 2.22. The Balaban J connectivity index is 1.59. The number of hydrogen-bond donors (Lipinski definition) is 2. The molecule has 1 amide bonds. The molecule has 2 atom stereocenters. The highest BCUT2D eigenvalue weighted by atomic mass is 19.1. The van der Waals surface area contributed by atoms with Crippen LogP contribution in [-0.4, -0.2) is 12.5 Å². The van der Waals surface area contributed by atoms with Gasteiger partial charge in [0.15, 0.2) is 6.54 Å². The van der Waals surface area contributed by atoms with Crippen LogP contribution in [0.25, 0.3) is 11.0 Å². The maximum Gasteiger partial charge on any atom is 0.275 e. The summed E-state index contributed by atoms with van der Waals surface area (Å²) >= 11 is 0. The molecule has 1 heterocycles. The Morgan fingerprint density at radius 2 is 1.81 bits per heavy atom. The normalized spacial score (nSPS) is 13.7. The van der Waals surface area contributed by atoms with Crippen molar-refractivity contribution in [3.05, 3.63) is 71.7 Å². The number of furan rings is 1. The minimum Gasteiger partial charge on any atom is -0.459 e. The molecule has 142 valence electrons. The highest BCUT2D eigenvalue weighted by molar-refractivity contribution is 5.79. The molecule has 1 aromatic heterocycles. The van der Waals surface area contributed by atoms with Crippen LogP contribution in [0.4, 0.5) is 4.39 Å². The van der Waals surface area contributed by atoms with Crippen molar-refractivity contribution >= 4 is 16.9 Å². The third kappa shape index (κ3) is 4.74.